The standard InChI is InChI=1S/C19H21FN2O3/c1-12-16(13-7-9-21(2)10-8-13)11-22(18(23)17(12)19(24)25)15-5-3-14(20)4-6-15/h3-6,11,13H,7-10H2,1-2H3,(H,24,25). The van der Waals surface area contributed by atoms with Crippen molar-refractivity contribution in [2.75, 3.05) is 20.1 Å². The summed E-state index contributed by atoms with van der Waals surface area (Å²) in [6, 6.07) is 5.49. The van der Waals surface area contributed by atoms with Crippen LogP contribution in [-0.2, 0) is 0 Å². The molecule has 0 spiro atoms. The molecule has 0 aliphatic carbocycles. The Hall–Kier alpha value is -2.47. The van der Waals surface area contributed by atoms with Crippen LogP contribution in [0.3, 0.4) is 0 Å². The lowest BCUT2D eigenvalue weighted by molar-refractivity contribution is 0.0693. The fourth-order valence-electron chi connectivity index (χ4n) is 3.50. The predicted octanol–water partition coefficient (Wildman–Crippen LogP) is 2.79. The number of carbonyl (C=O) groups is 1. The third-order valence-corrected chi connectivity index (χ3v) is 4.99. The van der Waals surface area contributed by atoms with Gasteiger partial charge in [0.25, 0.3) is 5.56 Å². The lowest BCUT2D eigenvalue weighted by Gasteiger charge is -2.30. The first-order valence-electron chi connectivity index (χ1n) is 8.32. The van der Waals surface area contributed by atoms with E-state index in [1.807, 2.05) is 0 Å². The van der Waals surface area contributed by atoms with Gasteiger partial charge in [0.15, 0.2) is 0 Å². The first-order valence-corrected chi connectivity index (χ1v) is 8.32. The van der Waals surface area contributed by atoms with Crippen molar-refractivity contribution in [1.29, 1.82) is 0 Å². The van der Waals surface area contributed by atoms with Crippen LogP contribution in [0.25, 0.3) is 5.69 Å². The van der Waals surface area contributed by atoms with Gasteiger partial charge in [-0.2, -0.15) is 0 Å². The van der Waals surface area contributed by atoms with Crippen LogP contribution in [0, 0.1) is 12.7 Å². The minimum Gasteiger partial charge on any atom is -0.477 e. The van der Waals surface area contributed by atoms with Crippen molar-refractivity contribution in [3.63, 3.8) is 0 Å². The average Bonchev–Trinajstić information content (AvgIpc) is 2.57. The van der Waals surface area contributed by atoms with E-state index in [1.54, 1.807) is 13.1 Å². The van der Waals surface area contributed by atoms with Gasteiger partial charge in [-0.25, -0.2) is 9.18 Å². The highest BCUT2D eigenvalue weighted by Crippen LogP contribution is 2.30. The van der Waals surface area contributed by atoms with Crippen LogP contribution in [0.4, 0.5) is 4.39 Å². The SMILES string of the molecule is Cc1c(C2CCN(C)CC2)cn(-c2ccc(F)cc2)c(=O)c1C(=O)O. The zero-order valence-corrected chi connectivity index (χ0v) is 14.3. The Morgan fingerprint density at radius 3 is 2.36 bits per heavy atom. The first-order chi connectivity index (χ1) is 11.9. The van der Waals surface area contributed by atoms with Crippen LogP contribution in [-0.4, -0.2) is 40.7 Å². The number of carboxylic acids is 1. The fraction of sp³-hybridized carbons (Fsp3) is 0.368. The Morgan fingerprint density at radius 2 is 1.80 bits per heavy atom. The van der Waals surface area contributed by atoms with Crippen molar-refractivity contribution in [2.24, 2.45) is 0 Å². The maximum absolute atomic E-state index is 13.2. The molecule has 0 atom stereocenters. The number of rotatable bonds is 3. The topological polar surface area (TPSA) is 62.5 Å². The van der Waals surface area contributed by atoms with Gasteiger partial charge in [-0.1, -0.05) is 0 Å². The molecule has 0 radical (unpaired) electrons. The molecule has 0 unspecified atom stereocenters. The minimum absolute atomic E-state index is 0.208. The van der Waals surface area contributed by atoms with Crippen molar-refractivity contribution in [3.8, 4) is 5.69 Å². The predicted molar refractivity (Wildman–Crippen MR) is 93.2 cm³/mol. The van der Waals surface area contributed by atoms with Gasteiger partial charge in [-0.05, 0) is 81.2 Å². The quantitative estimate of drug-likeness (QED) is 0.930. The molecule has 1 fully saturated rings. The molecule has 25 heavy (non-hydrogen) atoms. The molecular formula is C19H21FN2O3. The Balaban J connectivity index is 2.17. The second-order valence-corrected chi connectivity index (χ2v) is 6.62. The van der Waals surface area contributed by atoms with Crippen molar-refractivity contribution < 1.29 is 14.3 Å². The number of aromatic nitrogens is 1. The molecule has 6 heteroatoms. The van der Waals surface area contributed by atoms with E-state index in [0.29, 0.717) is 11.3 Å². The Bertz CT molecular complexity index is 850. The number of hydrogen-bond acceptors (Lipinski definition) is 3. The van der Waals surface area contributed by atoms with Crippen molar-refractivity contribution in [2.45, 2.75) is 25.7 Å². The van der Waals surface area contributed by atoms with E-state index in [1.165, 1.54) is 28.8 Å². The molecule has 0 saturated carbocycles. The molecule has 0 amide bonds. The van der Waals surface area contributed by atoms with Gasteiger partial charge in [-0.3, -0.25) is 9.36 Å². The number of nitrogens with zero attached hydrogens (tertiary/aromatic N) is 2. The van der Waals surface area contributed by atoms with E-state index < -0.39 is 17.3 Å². The normalized spacial score (nSPS) is 16.1. The van der Waals surface area contributed by atoms with Crippen LogP contribution >= 0.6 is 0 Å². The molecule has 3 rings (SSSR count). The van der Waals surface area contributed by atoms with E-state index in [4.69, 9.17) is 0 Å². The highest BCUT2D eigenvalue weighted by Gasteiger charge is 2.25. The Morgan fingerprint density at radius 1 is 1.20 bits per heavy atom. The zero-order valence-electron chi connectivity index (χ0n) is 14.3. The van der Waals surface area contributed by atoms with Crippen molar-refractivity contribution in [1.82, 2.24) is 9.47 Å². The summed E-state index contributed by atoms with van der Waals surface area (Å²) >= 11 is 0. The zero-order chi connectivity index (χ0) is 18.1. The van der Waals surface area contributed by atoms with Gasteiger partial charge in [-0.15, -0.1) is 0 Å². The summed E-state index contributed by atoms with van der Waals surface area (Å²) in [5, 5.41) is 9.55. The molecule has 2 aromatic rings. The fourth-order valence-corrected chi connectivity index (χ4v) is 3.50. The number of aromatic carboxylic acids is 1. The van der Waals surface area contributed by atoms with E-state index in [2.05, 4.69) is 11.9 Å². The lowest BCUT2D eigenvalue weighted by atomic mass is 9.86. The molecule has 1 N–H and O–H groups in total. The Labute approximate surface area is 145 Å². The van der Waals surface area contributed by atoms with Crippen molar-refractivity contribution in [3.05, 3.63) is 63.3 Å². The first kappa shape index (κ1) is 17.4. The molecular weight excluding hydrogens is 323 g/mol. The molecule has 0 bridgehead atoms. The van der Waals surface area contributed by atoms with Gasteiger partial charge in [0, 0.05) is 11.9 Å². The molecule has 2 heterocycles. The van der Waals surface area contributed by atoms with Crippen LogP contribution in [0.15, 0.2) is 35.3 Å². The average molecular weight is 344 g/mol. The van der Waals surface area contributed by atoms with E-state index in [-0.39, 0.29) is 11.5 Å². The monoisotopic (exact) mass is 344 g/mol. The summed E-state index contributed by atoms with van der Waals surface area (Å²) in [6.07, 6.45) is 3.56. The molecule has 1 aliphatic heterocycles. The molecule has 1 saturated heterocycles. The van der Waals surface area contributed by atoms with E-state index in [9.17, 15) is 19.1 Å². The molecule has 1 aliphatic rings. The van der Waals surface area contributed by atoms with Crippen molar-refractivity contribution >= 4 is 5.97 Å². The maximum atomic E-state index is 13.2. The second kappa shape index (κ2) is 6.80. The van der Waals surface area contributed by atoms with E-state index >= 15 is 0 Å². The van der Waals surface area contributed by atoms with Gasteiger partial charge >= 0.3 is 5.97 Å². The third kappa shape index (κ3) is 3.35. The molecule has 132 valence electrons. The summed E-state index contributed by atoms with van der Waals surface area (Å²) in [6.45, 7) is 3.57. The maximum Gasteiger partial charge on any atom is 0.341 e. The lowest BCUT2D eigenvalue weighted by Crippen LogP contribution is -2.32. The van der Waals surface area contributed by atoms with Gasteiger partial charge in [0.05, 0.1) is 0 Å². The number of hydrogen-bond donors (Lipinski definition) is 1. The number of piperidine rings is 1. The number of halogens is 1. The summed E-state index contributed by atoms with van der Waals surface area (Å²) in [5.74, 6) is -1.42. The number of pyridine rings is 1. The Kier molecular flexibility index (Phi) is 4.72. The van der Waals surface area contributed by atoms with Gasteiger partial charge < -0.3 is 10.0 Å². The van der Waals surface area contributed by atoms with Gasteiger partial charge in [0.2, 0.25) is 0 Å². The number of carboxylic acid groups (broad SMARTS) is 1. The van der Waals surface area contributed by atoms with Crippen LogP contribution in [0.2, 0.25) is 0 Å². The number of likely N-dealkylation sites (tertiary alicyclic amines) is 1. The largest absolute Gasteiger partial charge is 0.477 e. The van der Waals surface area contributed by atoms with E-state index in [0.717, 1.165) is 31.5 Å². The summed E-state index contributed by atoms with van der Waals surface area (Å²) in [4.78, 5) is 26.6. The minimum atomic E-state index is -1.23. The highest BCUT2D eigenvalue weighted by atomic mass is 19.1. The number of benzene rings is 1. The molecule has 1 aromatic heterocycles. The van der Waals surface area contributed by atoms with Crippen LogP contribution < -0.4 is 5.56 Å². The molecule has 5 nitrogen and oxygen atoms in total. The van der Waals surface area contributed by atoms with Crippen LogP contribution in [0.1, 0.15) is 40.2 Å². The summed E-state index contributed by atoms with van der Waals surface area (Å²) < 4.78 is 14.5. The smallest absolute Gasteiger partial charge is 0.341 e. The molecule has 1 aromatic carbocycles. The van der Waals surface area contributed by atoms with Gasteiger partial charge in [0.1, 0.15) is 11.4 Å². The third-order valence-electron chi connectivity index (χ3n) is 4.99. The highest BCUT2D eigenvalue weighted by molar-refractivity contribution is 5.89. The summed E-state index contributed by atoms with van der Waals surface area (Å²) in [5.41, 5.74) is 1.08. The second-order valence-electron chi connectivity index (χ2n) is 6.62. The van der Waals surface area contributed by atoms with Crippen LogP contribution in [0.5, 0.6) is 0 Å². The summed E-state index contributed by atoms with van der Waals surface area (Å²) in [7, 11) is 2.06.